The number of benzene rings is 1. The van der Waals surface area contributed by atoms with E-state index in [0.29, 0.717) is 0 Å². The van der Waals surface area contributed by atoms with E-state index in [-0.39, 0.29) is 0 Å². The van der Waals surface area contributed by atoms with Crippen molar-refractivity contribution in [3.63, 3.8) is 0 Å². The summed E-state index contributed by atoms with van der Waals surface area (Å²) >= 11 is 0. The predicted molar refractivity (Wildman–Crippen MR) is 83.9 cm³/mol. The summed E-state index contributed by atoms with van der Waals surface area (Å²) in [4.78, 5) is 10.3. The van der Waals surface area contributed by atoms with Gasteiger partial charge in [0.25, 0.3) is 0 Å². The van der Waals surface area contributed by atoms with Gasteiger partial charge in [-0.2, -0.15) is 0 Å². The first kappa shape index (κ1) is 17.3. The van der Waals surface area contributed by atoms with Gasteiger partial charge in [-0.1, -0.05) is 57.7 Å². The SMILES string of the molecule is CCCCC(CC)CCOc1ccc(C=CC(=O)[O-])cc1. The van der Waals surface area contributed by atoms with Crippen LogP contribution in [0.15, 0.2) is 30.3 Å². The Hall–Kier alpha value is -1.77. The molecule has 0 aliphatic carbocycles. The normalized spacial score (nSPS) is 12.5. The Morgan fingerprint density at radius 3 is 2.52 bits per heavy atom. The second-order valence-electron chi connectivity index (χ2n) is 5.28. The lowest BCUT2D eigenvalue weighted by Gasteiger charge is -2.14. The minimum absolute atomic E-state index is 0.733. The van der Waals surface area contributed by atoms with Crippen LogP contribution >= 0.6 is 0 Å². The maximum atomic E-state index is 10.3. The Bertz CT molecular complexity index is 434. The summed E-state index contributed by atoms with van der Waals surface area (Å²) in [5.41, 5.74) is 0.820. The molecule has 1 aromatic carbocycles. The van der Waals surface area contributed by atoms with Crippen LogP contribution in [0.1, 0.15) is 51.5 Å². The van der Waals surface area contributed by atoms with Crippen LogP contribution in [0, 0.1) is 5.92 Å². The molecule has 0 aliphatic rings. The molecule has 1 rings (SSSR count). The monoisotopic (exact) mass is 289 g/mol. The maximum absolute atomic E-state index is 10.3. The summed E-state index contributed by atoms with van der Waals surface area (Å²) in [5, 5.41) is 10.3. The average Bonchev–Trinajstić information content (AvgIpc) is 2.49. The zero-order chi connectivity index (χ0) is 15.5. The van der Waals surface area contributed by atoms with E-state index in [1.54, 1.807) is 0 Å². The van der Waals surface area contributed by atoms with Gasteiger partial charge in [0, 0.05) is 0 Å². The fraction of sp³-hybridized carbons (Fsp3) is 0.500. The fourth-order valence-electron chi connectivity index (χ4n) is 2.23. The average molecular weight is 289 g/mol. The Balaban J connectivity index is 2.36. The Kier molecular flexibility index (Phi) is 8.25. The minimum Gasteiger partial charge on any atom is -0.545 e. The molecule has 0 saturated carbocycles. The van der Waals surface area contributed by atoms with Crippen LogP contribution in [-0.2, 0) is 4.79 Å². The van der Waals surface area contributed by atoms with Crippen molar-refractivity contribution in [3.8, 4) is 5.75 Å². The van der Waals surface area contributed by atoms with Crippen molar-refractivity contribution >= 4 is 12.0 Å². The molecule has 1 aromatic rings. The van der Waals surface area contributed by atoms with Gasteiger partial charge < -0.3 is 14.6 Å². The molecular weight excluding hydrogens is 264 g/mol. The molecule has 3 heteroatoms. The number of unbranched alkanes of at least 4 members (excludes halogenated alkanes) is 1. The second kappa shape index (κ2) is 10.0. The van der Waals surface area contributed by atoms with Crippen LogP contribution in [0.2, 0.25) is 0 Å². The molecule has 21 heavy (non-hydrogen) atoms. The lowest BCUT2D eigenvalue weighted by atomic mass is 9.96. The van der Waals surface area contributed by atoms with Crippen LogP contribution < -0.4 is 9.84 Å². The van der Waals surface area contributed by atoms with E-state index in [9.17, 15) is 9.90 Å². The van der Waals surface area contributed by atoms with Crippen LogP contribution in [-0.4, -0.2) is 12.6 Å². The molecule has 0 heterocycles. The van der Waals surface area contributed by atoms with E-state index >= 15 is 0 Å². The fourth-order valence-corrected chi connectivity index (χ4v) is 2.23. The molecular formula is C18H25O3-. The minimum atomic E-state index is -1.19. The third kappa shape index (κ3) is 7.54. The van der Waals surface area contributed by atoms with Gasteiger partial charge in [0.15, 0.2) is 0 Å². The highest BCUT2D eigenvalue weighted by Gasteiger charge is 2.05. The van der Waals surface area contributed by atoms with Crippen LogP contribution in [0.5, 0.6) is 5.75 Å². The smallest absolute Gasteiger partial charge is 0.119 e. The summed E-state index contributed by atoms with van der Waals surface area (Å²) in [5.74, 6) is 0.384. The Labute approximate surface area is 127 Å². The van der Waals surface area contributed by atoms with Crippen molar-refractivity contribution in [1.82, 2.24) is 0 Å². The molecule has 0 amide bonds. The molecule has 1 atom stereocenters. The van der Waals surface area contributed by atoms with Crippen LogP contribution in [0.4, 0.5) is 0 Å². The highest BCUT2D eigenvalue weighted by Crippen LogP contribution is 2.18. The number of carboxylic acid groups (broad SMARTS) is 1. The van der Waals surface area contributed by atoms with E-state index in [0.717, 1.165) is 36.3 Å². The molecule has 0 spiro atoms. The molecule has 0 aromatic heterocycles. The van der Waals surface area contributed by atoms with Crippen molar-refractivity contribution in [2.75, 3.05) is 6.61 Å². The third-order valence-corrected chi connectivity index (χ3v) is 3.63. The maximum Gasteiger partial charge on any atom is 0.119 e. The Morgan fingerprint density at radius 2 is 1.95 bits per heavy atom. The number of carbonyl (C=O) groups is 1. The van der Waals surface area contributed by atoms with Gasteiger partial charge in [-0.3, -0.25) is 0 Å². The van der Waals surface area contributed by atoms with E-state index in [1.165, 1.54) is 31.8 Å². The molecule has 0 radical (unpaired) electrons. The van der Waals surface area contributed by atoms with Gasteiger partial charge in [0.1, 0.15) is 5.75 Å². The molecule has 3 nitrogen and oxygen atoms in total. The first-order valence-electron chi connectivity index (χ1n) is 7.77. The third-order valence-electron chi connectivity index (χ3n) is 3.63. The first-order chi connectivity index (χ1) is 10.2. The van der Waals surface area contributed by atoms with E-state index in [1.807, 2.05) is 24.3 Å². The van der Waals surface area contributed by atoms with Gasteiger partial charge in [-0.25, -0.2) is 0 Å². The molecule has 0 saturated heterocycles. The zero-order valence-corrected chi connectivity index (χ0v) is 13.0. The number of carboxylic acids is 1. The quantitative estimate of drug-likeness (QED) is 0.620. The van der Waals surface area contributed by atoms with E-state index in [2.05, 4.69) is 13.8 Å². The number of carbonyl (C=O) groups excluding carboxylic acids is 1. The highest BCUT2D eigenvalue weighted by molar-refractivity contribution is 5.83. The first-order valence-corrected chi connectivity index (χ1v) is 7.77. The largest absolute Gasteiger partial charge is 0.545 e. The van der Waals surface area contributed by atoms with Gasteiger partial charge in [0.05, 0.1) is 12.6 Å². The number of hydrogen-bond acceptors (Lipinski definition) is 3. The predicted octanol–water partition coefficient (Wildman–Crippen LogP) is 3.44. The van der Waals surface area contributed by atoms with Crippen LogP contribution in [0.3, 0.4) is 0 Å². The van der Waals surface area contributed by atoms with Crippen molar-refractivity contribution in [2.45, 2.75) is 46.0 Å². The van der Waals surface area contributed by atoms with E-state index < -0.39 is 5.97 Å². The lowest BCUT2D eigenvalue weighted by Crippen LogP contribution is -2.18. The van der Waals surface area contributed by atoms with Crippen molar-refractivity contribution in [1.29, 1.82) is 0 Å². The van der Waals surface area contributed by atoms with Gasteiger partial charge in [-0.05, 0) is 36.1 Å². The topological polar surface area (TPSA) is 49.4 Å². The van der Waals surface area contributed by atoms with Crippen molar-refractivity contribution < 1.29 is 14.6 Å². The van der Waals surface area contributed by atoms with Crippen molar-refractivity contribution in [2.24, 2.45) is 5.92 Å². The van der Waals surface area contributed by atoms with Gasteiger partial charge >= 0.3 is 0 Å². The highest BCUT2D eigenvalue weighted by atomic mass is 16.5. The summed E-state index contributed by atoms with van der Waals surface area (Å²) in [6, 6.07) is 7.40. The molecule has 0 fully saturated rings. The molecule has 0 bridgehead atoms. The molecule has 0 N–H and O–H groups in total. The summed E-state index contributed by atoms with van der Waals surface area (Å²) in [7, 11) is 0. The van der Waals surface area contributed by atoms with Crippen molar-refractivity contribution in [3.05, 3.63) is 35.9 Å². The second-order valence-corrected chi connectivity index (χ2v) is 5.28. The molecule has 116 valence electrons. The van der Waals surface area contributed by atoms with Gasteiger partial charge in [0.2, 0.25) is 0 Å². The molecule has 1 unspecified atom stereocenters. The van der Waals surface area contributed by atoms with E-state index in [4.69, 9.17) is 4.74 Å². The molecule has 0 aliphatic heterocycles. The zero-order valence-electron chi connectivity index (χ0n) is 13.0. The number of aliphatic carboxylic acids is 1. The summed E-state index contributed by atoms with van der Waals surface area (Å²) in [6.45, 7) is 5.19. The standard InChI is InChI=1S/C18H26O3/c1-3-5-6-15(4-2)13-14-21-17-10-7-16(8-11-17)9-12-18(19)20/h7-12,15H,3-6,13-14H2,1-2H3,(H,19,20)/p-1. The summed E-state index contributed by atoms with van der Waals surface area (Å²) in [6.07, 6.45) is 8.64. The van der Waals surface area contributed by atoms with Gasteiger partial charge in [-0.15, -0.1) is 0 Å². The lowest BCUT2D eigenvalue weighted by molar-refractivity contribution is -0.297. The number of ether oxygens (including phenoxy) is 1. The number of hydrogen-bond donors (Lipinski definition) is 0. The van der Waals surface area contributed by atoms with Crippen LogP contribution in [0.25, 0.3) is 6.08 Å². The Morgan fingerprint density at radius 1 is 1.24 bits per heavy atom. The number of rotatable bonds is 10. The summed E-state index contributed by atoms with van der Waals surface area (Å²) < 4.78 is 5.75.